The Bertz CT molecular complexity index is 315. The molecule has 0 aliphatic carbocycles. The Morgan fingerprint density at radius 3 is 2.35 bits per heavy atom. The van der Waals surface area contributed by atoms with E-state index in [1.165, 1.54) is 0 Å². The van der Waals surface area contributed by atoms with Crippen LogP contribution in [0.3, 0.4) is 0 Å². The molecule has 1 aliphatic heterocycles. The third-order valence-corrected chi connectivity index (χ3v) is 2.73. The van der Waals surface area contributed by atoms with E-state index in [2.05, 4.69) is 0 Å². The van der Waals surface area contributed by atoms with Gasteiger partial charge in [-0.2, -0.15) is 0 Å². The van der Waals surface area contributed by atoms with Crippen molar-refractivity contribution < 1.29 is 19.0 Å². The predicted octanol–water partition coefficient (Wildman–Crippen LogP) is 2.40. The molecule has 0 aromatic rings. The second-order valence-electron chi connectivity index (χ2n) is 6.48. The Kier molecular flexibility index (Phi) is 7.46. The Labute approximate surface area is 127 Å². The highest BCUT2D eigenvalue weighted by Gasteiger charge is 2.36. The van der Waals surface area contributed by atoms with E-state index in [0.717, 1.165) is 6.42 Å². The van der Waals surface area contributed by atoms with Crippen molar-refractivity contribution >= 4 is 18.4 Å². The largest absolute Gasteiger partial charge is 0.460 e. The third kappa shape index (κ3) is 7.43. The highest BCUT2D eigenvalue weighted by Crippen LogP contribution is 2.30. The van der Waals surface area contributed by atoms with Gasteiger partial charge in [-0.25, -0.2) is 0 Å². The van der Waals surface area contributed by atoms with E-state index in [-0.39, 0.29) is 37.0 Å². The van der Waals surface area contributed by atoms with Crippen molar-refractivity contribution in [3.8, 4) is 0 Å². The standard InChI is InChI=1S/C14H27NO4.ClH/c1-13(2,3)19-12(16)9-11-8-10(6-7-15)17-14(4,5)18-11;/h10-11H,6-9,15H2,1-5H3;1H/t10-,11-;/m1./s1. The van der Waals surface area contributed by atoms with Crippen LogP contribution < -0.4 is 5.73 Å². The summed E-state index contributed by atoms with van der Waals surface area (Å²) in [5.74, 6) is -0.910. The van der Waals surface area contributed by atoms with Crippen molar-refractivity contribution in [1.82, 2.24) is 0 Å². The van der Waals surface area contributed by atoms with Crippen LogP contribution in [0.4, 0.5) is 0 Å². The van der Waals surface area contributed by atoms with Gasteiger partial charge in [0.2, 0.25) is 0 Å². The molecule has 120 valence electrons. The number of carbonyl (C=O) groups is 1. The molecule has 0 bridgehead atoms. The van der Waals surface area contributed by atoms with Crippen LogP contribution in [0.25, 0.3) is 0 Å². The smallest absolute Gasteiger partial charge is 0.308 e. The van der Waals surface area contributed by atoms with Gasteiger partial charge in [0.1, 0.15) is 5.60 Å². The lowest BCUT2D eigenvalue weighted by atomic mass is 10.0. The number of esters is 1. The monoisotopic (exact) mass is 309 g/mol. The van der Waals surface area contributed by atoms with Crippen molar-refractivity contribution in [1.29, 1.82) is 0 Å². The molecule has 0 saturated carbocycles. The maximum absolute atomic E-state index is 11.8. The minimum Gasteiger partial charge on any atom is -0.460 e. The quantitative estimate of drug-likeness (QED) is 0.807. The predicted molar refractivity (Wildman–Crippen MR) is 79.8 cm³/mol. The van der Waals surface area contributed by atoms with Gasteiger partial charge in [-0.1, -0.05) is 0 Å². The summed E-state index contributed by atoms with van der Waals surface area (Å²) in [6, 6.07) is 0. The molecule has 1 rings (SSSR count). The van der Waals surface area contributed by atoms with E-state index in [4.69, 9.17) is 19.9 Å². The molecular formula is C14H28ClNO4. The van der Waals surface area contributed by atoms with Crippen molar-refractivity contribution in [3.05, 3.63) is 0 Å². The van der Waals surface area contributed by atoms with Gasteiger partial charge in [-0.05, 0) is 47.6 Å². The molecule has 2 N–H and O–H groups in total. The summed E-state index contributed by atoms with van der Waals surface area (Å²) in [5.41, 5.74) is 5.10. The first-order valence-electron chi connectivity index (χ1n) is 6.89. The number of hydrogen-bond acceptors (Lipinski definition) is 5. The van der Waals surface area contributed by atoms with Crippen molar-refractivity contribution in [2.45, 2.75) is 77.5 Å². The molecule has 0 aromatic carbocycles. The van der Waals surface area contributed by atoms with E-state index in [1.807, 2.05) is 34.6 Å². The summed E-state index contributed by atoms with van der Waals surface area (Å²) in [7, 11) is 0. The van der Waals surface area contributed by atoms with Crippen LogP contribution in [0.5, 0.6) is 0 Å². The maximum atomic E-state index is 11.8. The van der Waals surface area contributed by atoms with Gasteiger partial charge < -0.3 is 19.9 Å². The number of halogens is 1. The van der Waals surface area contributed by atoms with Gasteiger partial charge >= 0.3 is 5.97 Å². The SMILES string of the molecule is CC(C)(C)OC(=O)C[C@H]1C[C@@H](CCN)OC(C)(C)O1.Cl. The summed E-state index contributed by atoms with van der Waals surface area (Å²) in [6.07, 6.45) is 1.58. The van der Waals surface area contributed by atoms with Crippen LogP contribution in [-0.2, 0) is 19.0 Å². The summed E-state index contributed by atoms with van der Waals surface area (Å²) in [4.78, 5) is 11.8. The minimum atomic E-state index is -0.676. The number of rotatable bonds is 4. The van der Waals surface area contributed by atoms with Crippen molar-refractivity contribution in [2.75, 3.05) is 6.54 Å². The lowest BCUT2D eigenvalue weighted by Gasteiger charge is -2.40. The average Bonchev–Trinajstić information content (AvgIpc) is 2.10. The van der Waals surface area contributed by atoms with Crippen molar-refractivity contribution in [2.24, 2.45) is 5.73 Å². The zero-order valence-corrected chi connectivity index (χ0v) is 13.9. The summed E-state index contributed by atoms with van der Waals surface area (Å²) >= 11 is 0. The first-order chi connectivity index (χ1) is 8.61. The van der Waals surface area contributed by atoms with Gasteiger partial charge in [0.05, 0.1) is 18.6 Å². The summed E-state index contributed by atoms with van der Waals surface area (Å²) < 4.78 is 16.9. The number of nitrogens with two attached hydrogens (primary N) is 1. The van der Waals surface area contributed by atoms with Crippen LogP contribution in [0.2, 0.25) is 0 Å². The van der Waals surface area contributed by atoms with Crippen molar-refractivity contribution in [3.63, 3.8) is 0 Å². The third-order valence-electron chi connectivity index (χ3n) is 2.73. The van der Waals surface area contributed by atoms with Crippen LogP contribution >= 0.6 is 12.4 Å². The second kappa shape index (κ2) is 7.59. The molecule has 1 fully saturated rings. The Morgan fingerprint density at radius 1 is 1.30 bits per heavy atom. The number of hydrogen-bond donors (Lipinski definition) is 1. The molecule has 5 nitrogen and oxygen atoms in total. The Balaban J connectivity index is 0.00000361. The molecular weight excluding hydrogens is 282 g/mol. The highest BCUT2D eigenvalue weighted by molar-refractivity contribution is 5.85. The lowest BCUT2D eigenvalue weighted by Crippen LogP contribution is -2.46. The normalized spacial score (nSPS) is 25.7. The fourth-order valence-electron chi connectivity index (χ4n) is 2.28. The Morgan fingerprint density at radius 2 is 1.85 bits per heavy atom. The summed E-state index contributed by atoms with van der Waals surface area (Å²) in [5, 5.41) is 0. The minimum absolute atomic E-state index is 0. The molecule has 0 radical (unpaired) electrons. The molecule has 0 spiro atoms. The van der Waals surface area contributed by atoms with Crippen LogP contribution in [0.15, 0.2) is 0 Å². The molecule has 0 aromatic heterocycles. The summed E-state index contributed by atoms with van der Waals surface area (Å²) in [6.45, 7) is 9.86. The molecule has 0 unspecified atom stereocenters. The van der Waals surface area contributed by atoms with Gasteiger partial charge in [0.15, 0.2) is 5.79 Å². The molecule has 20 heavy (non-hydrogen) atoms. The zero-order chi connectivity index (χ0) is 14.7. The topological polar surface area (TPSA) is 70.8 Å². The van der Waals surface area contributed by atoms with E-state index >= 15 is 0 Å². The fourth-order valence-corrected chi connectivity index (χ4v) is 2.28. The van der Waals surface area contributed by atoms with Gasteiger partial charge in [-0.15, -0.1) is 12.4 Å². The van der Waals surface area contributed by atoms with Gasteiger partial charge in [0.25, 0.3) is 0 Å². The lowest BCUT2D eigenvalue weighted by molar-refractivity contribution is -0.300. The van der Waals surface area contributed by atoms with E-state index < -0.39 is 11.4 Å². The highest BCUT2D eigenvalue weighted by atomic mass is 35.5. The van der Waals surface area contributed by atoms with Crippen LogP contribution in [0.1, 0.15) is 53.9 Å². The van der Waals surface area contributed by atoms with Crippen LogP contribution in [-0.4, -0.2) is 36.1 Å². The molecule has 1 saturated heterocycles. The van der Waals surface area contributed by atoms with E-state index in [0.29, 0.717) is 13.0 Å². The molecule has 1 aliphatic rings. The second-order valence-corrected chi connectivity index (χ2v) is 6.48. The number of ether oxygens (including phenoxy) is 3. The van der Waals surface area contributed by atoms with E-state index in [9.17, 15) is 4.79 Å². The number of carbonyl (C=O) groups excluding carboxylic acids is 1. The maximum Gasteiger partial charge on any atom is 0.308 e. The molecule has 6 heteroatoms. The van der Waals surface area contributed by atoms with Crippen LogP contribution in [0, 0.1) is 0 Å². The average molecular weight is 310 g/mol. The Hall–Kier alpha value is -0.360. The first kappa shape index (κ1) is 19.6. The van der Waals surface area contributed by atoms with E-state index in [1.54, 1.807) is 0 Å². The molecule has 0 amide bonds. The fraction of sp³-hybridized carbons (Fsp3) is 0.929. The zero-order valence-electron chi connectivity index (χ0n) is 13.1. The molecule has 1 heterocycles. The van der Waals surface area contributed by atoms with Gasteiger partial charge in [-0.3, -0.25) is 4.79 Å². The van der Waals surface area contributed by atoms with Gasteiger partial charge in [0, 0.05) is 6.42 Å². The first-order valence-corrected chi connectivity index (χ1v) is 6.89. The molecule has 2 atom stereocenters.